The van der Waals surface area contributed by atoms with Gasteiger partial charge in [0.2, 0.25) is 0 Å². The third-order valence-electron chi connectivity index (χ3n) is 11.6. The van der Waals surface area contributed by atoms with Gasteiger partial charge in [-0.1, -0.05) is 208 Å². The fourth-order valence-corrected chi connectivity index (χ4v) is 8.22. The van der Waals surface area contributed by atoms with E-state index in [2.05, 4.69) is 198 Å². The zero-order valence-corrected chi connectivity index (χ0v) is 37.6. The normalized spacial score (nSPS) is 11.7. The van der Waals surface area contributed by atoms with Crippen molar-refractivity contribution in [2.24, 2.45) is 0 Å². The molecule has 1 unspecified atom stereocenters. The van der Waals surface area contributed by atoms with Crippen LogP contribution < -0.4 is 0 Å². The molecule has 0 aliphatic carbocycles. The summed E-state index contributed by atoms with van der Waals surface area (Å²) >= 11 is 0. The van der Waals surface area contributed by atoms with E-state index in [0.717, 1.165) is 72.6 Å². The first kappa shape index (κ1) is 42.0. The van der Waals surface area contributed by atoms with E-state index >= 15 is 0 Å². The maximum atomic E-state index is 11.9. The molecular formula is C58H47N2OPt-. The van der Waals surface area contributed by atoms with E-state index < -0.39 is 0 Å². The molecule has 62 heavy (non-hydrogen) atoms. The van der Waals surface area contributed by atoms with Crippen LogP contribution in [0.1, 0.15) is 50.3 Å². The Morgan fingerprint density at radius 1 is 0.452 bits per heavy atom. The summed E-state index contributed by atoms with van der Waals surface area (Å²) in [4.78, 5) is 10.3. The zero-order valence-electron chi connectivity index (χ0n) is 35.3. The molecule has 0 radical (unpaired) electrons. The number of para-hydroxylation sites is 1. The molecule has 7 aromatic carbocycles. The molecule has 3 nitrogen and oxygen atoms in total. The summed E-state index contributed by atoms with van der Waals surface area (Å²) in [5.74, 6) is 0.500. The third kappa shape index (κ3) is 8.87. The molecule has 4 heteroatoms. The van der Waals surface area contributed by atoms with E-state index in [4.69, 9.17) is 9.97 Å². The zero-order chi connectivity index (χ0) is 41.9. The number of rotatable bonds is 9. The van der Waals surface area contributed by atoms with Crippen LogP contribution in [0.3, 0.4) is 0 Å². The Morgan fingerprint density at radius 3 is 1.63 bits per heavy atom. The van der Waals surface area contributed by atoms with Crippen molar-refractivity contribution >= 4 is 0 Å². The third-order valence-corrected chi connectivity index (χ3v) is 11.6. The van der Waals surface area contributed by atoms with Gasteiger partial charge in [-0.15, -0.1) is 18.2 Å². The number of phenols is 1. The molecule has 0 bridgehead atoms. The van der Waals surface area contributed by atoms with Crippen LogP contribution >= 0.6 is 0 Å². The summed E-state index contributed by atoms with van der Waals surface area (Å²) in [7, 11) is 0. The van der Waals surface area contributed by atoms with Gasteiger partial charge in [0.1, 0.15) is 5.75 Å². The van der Waals surface area contributed by atoms with E-state index in [1.165, 1.54) is 11.1 Å². The Labute approximate surface area is 380 Å². The standard InChI is InChI=1S/C58H47N2O.Pt/c1-39(40-17-8-5-9-18-40)41-27-29-43(30-28-41)46-33-48(54-36-45(31-32-59-54)42-19-10-6-11-20-42)35-49(34-46)55-37-47(51-24-15-14-23-50(51)44-21-12-7-13-22-44)38-56(60-55)52-25-16-26-53(57(52)61)58(2,3)4;/h5-34,36-39,61H,1-4H3;/q-1;. The van der Waals surface area contributed by atoms with Gasteiger partial charge in [-0.25, -0.2) is 0 Å². The number of hydrogen-bond donors (Lipinski definition) is 1. The summed E-state index contributed by atoms with van der Waals surface area (Å²) in [6, 6.07) is 71.5. The molecular weight excluding hydrogens is 936 g/mol. The number of phenolic OH excluding ortho intramolecular Hbond substituents is 1. The van der Waals surface area contributed by atoms with Gasteiger partial charge >= 0.3 is 0 Å². The van der Waals surface area contributed by atoms with Crippen molar-refractivity contribution in [3.05, 3.63) is 223 Å². The van der Waals surface area contributed by atoms with Crippen molar-refractivity contribution in [1.82, 2.24) is 9.97 Å². The van der Waals surface area contributed by atoms with Crippen LogP contribution in [-0.2, 0) is 26.5 Å². The molecule has 0 saturated heterocycles. The summed E-state index contributed by atoms with van der Waals surface area (Å²) in [5.41, 5.74) is 16.4. The SMILES string of the molecule is CC(c1ccccc1)c1ccc(-c2cc(-c3cc(-c4ccccc4)ccn3)[c-]c(-c3cc(-c4ccccc4-c4ccccc4)cc(-c4cccc(C(C)(C)C)c4O)n3)c2)cc1.[Pt]. The first-order valence-electron chi connectivity index (χ1n) is 20.9. The molecule has 1 atom stereocenters. The topological polar surface area (TPSA) is 46.0 Å². The van der Waals surface area contributed by atoms with Crippen molar-refractivity contribution in [3.8, 4) is 84.0 Å². The first-order chi connectivity index (χ1) is 29.7. The Hall–Kier alpha value is -6.67. The molecule has 0 saturated carbocycles. The first-order valence-corrected chi connectivity index (χ1v) is 20.9. The molecule has 0 spiro atoms. The number of aromatic nitrogens is 2. The number of pyridine rings is 2. The maximum Gasteiger partial charge on any atom is 0.128 e. The van der Waals surface area contributed by atoms with E-state index in [-0.39, 0.29) is 38.1 Å². The van der Waals surface area contributed by atoms with Crippen LogP contribution in [0.25, 0.3) is 78.3 Å². The largest absolute Gasteiger partial charge is 0.507 e. The smallest absolute Gasteiger partial charge is 0.128 e. The van der Waals surface area contributed by atoms with Gasteiger partial charge < -0.3 is 5.11 Å². The Balaban J connectivity index is 0.00000529. The van der Waals surface area contributed by atoms with Crippen LogP contribution in [0, 0.1) is 6.07 Å². The summed E-state index contributed by atoms with van der Waals surface area (Å²) in [6.07, 6.45) is 1.88. The Morgan fingerprint density at radius 2 is 0.968 bits per heavy atom. The predicted molar refractivity (Wildman–Crippen MR) is 253 cm³/mol. The molecule has 9 rings (SSSR count). The van der Waals surface area contributed by atoms with E-state index in [1.807, 2.05) is 36.5 Å². The van der Waals surface area contributed by atoms with Crippen LogP contribution in [0.15, 0.2) is 200 Å². The van der Waals surface area contributed by atoms with E-state index in [9.17, 15) is 5.11 Å². The average molecular weight is 983 g/mol. The van der Waals surface area contributed by atoms with Crippen molar-refractivity contribution in [1.29, 1.82) is 0 Å². The summed E-state index contributed by atoms with van der Waals surface area (Å²) < 4.78 is 0. The number of aromatic hydroxyl groups is 1. The molecule has 2 heterocycles. The van der Waals surface area contributed by atoms with Crippen LogP contribution in [0.4, 0.5) is 0 Å². The molecule has 0 fully saturated rings. The Kier molecular flexibility index (Phi) is 12.3. The molecule has 9 aromatic rings. The second-order valence-corrected chi connectivity index (χ2v) is 16.7. The Bertz CT molecular complexity index is 2960. The number of hydrogen-bond acceptors (Lipinski definition) is 3. The molecule has 2 aromatic heterocycles. The van der Waals surface area contributed by atoms with Crippen molar-refractivity contribution in [2.45, 2.75) is 39.0 Å². The van der Waals surface area contributed by atoms with Crippen molar-refractivity contribution in [3.63, 3.8) is 0 Å². The summed E-state index contributed by atoms with van der Waals surface area (Å²) in [5, 5.41) is 11.9. The monoisotopic (exact) mass is 982 g/mol. The van der Waals surface area contributed by atoms with Gasteiger partial charge in [0, 0.05) is 50.1 Å². The molecule has 1 N–H and O–H groups in total. The molecule has 306 valence electrons. The van der Waals surface area contributed by atoms with Crippen LogP contribution in [0.5, 0.6) is 5.75 Å². The second-order valence-electron chi connectivity index (χ2n) is 16.7. The fourth-order valence-electron chi connectivity index (χ4n) is 8.22. The molecule has 0 amide bonds. The van der Waals surface area contributed by atoms with Gasteiger partial charge in [-0.3, -0.25) is 9.97 Å². The van der Waals surface area contributed by atoms with E-state index in [0.29, 0.717) is 11.3 Å². The van der Waals surface area contributed by atoms with Gasteiger partial charge in [0.15, 0.2) is 0 Å². The number of nitrogens with zero attached hydrogens (tertiary/aromatic N) is 2. The van der Waals surface area contributed by atoms with E-state index in [1.54, 1.807) is 0 Å². The van der Waals surface area contributed by atoms with Crippen LogP contribution in [0.2, 0.25) is 0 Å². The molecule has 0 aliphatic rings. The maximum absolute atomic E-state index is 11.9. The van der Waals surface area contributed by atoms with Crippen LogP contribution in [-0.4, -0.2) is 15.1 Å². The number of benzene rings is 7. The van der Waals surface area contributed by atoms with Crippen molar-refractivity contribution < 1.29 is 26.2 Å². The average Bonchev–Trinajstić information content (AvgIpc) is 3.31. The minimum Gasteiger partial charge on any atom is -0.507 e. The van der Waals surface area contributed by atoms with Gasteiger partial charge in [0.25, 0.3) is 0 Å². The van der Waals surface area contributed by atoms with Gasteiger partial charge in [-0.2, -0.15) is 0 Å². The van der Waals surface area contributed by atoms with Gasteiger partial charge in [-0.05, 0) is 79.2 Å². The molecule has 0 aliphatic heterocycles. The summed E-state index contributed by atoms with van der Waals surface area (Å²) in [6.45, 7) is 8.61. The fraction of sp³-hybridized carbons (Fsp3) is 0.103. The minimum absolute atomic E-state index is 0. The quantitative estimate of drug-likeness (QED) is 0.147. The van der Waals surface area contributed by atoms with Crippen molar-refractivity contribution in [2.75, 3.05) is 0 Å². The minimum atomic E-state index is -0.271. The second kappa shape index (κ2) is 18.1. The predicted octanol–water partition coefficient (Wildman–Crippen LogP) is 15.1. The van der Waals surface area contributed by atoms with Gasteiger partial charge in [0.05, 0.1) is 5.69 Å².